The minimum atomic E-state index is -1.97. The molecule has 5 nitrogen and oxygen atoms in total. The van der Waals surface area contributed by atoms with Crippen LogP contribution in [0.1, 0.15) is 65.7 Å². The molecule has 0 aliphatic heterocycles. The molecule has 1 aromatic rings. The van der Waals surface area contributed by atoms with Crippen LogP contribution in [0.2, 0.25) is 18.1 Å². The number of carboxylic acid groups (broad SMARTS) is 1. The molecule has 1 aliphatic rings. The van der Waals surface area contributed by atoms with Crippen molar-refractivity contribution < 1.29 is 23.9 Å². The van der Waals surface area contributed by atoms with Gasteiger partial charge < -0.3 is 14.3 Å². The topological polar surface area (TPSA) is 72.8 Å². The van der Waals surface area contributed by atoms with Crippen molar-refractivity contribution >= 4 is 20.1 Å². The SMILES string of the molecule is CC(C)(C)[Si](C)(C)O[C@H](CCC1=CCC(=O)[C@@H]1CC=CCCCC(=O)O)COc1ccccc1. The van der Waals surface area contributed by atoms with Crippen LogP contribution in [0, 0.1) is 5.92 Å². The predicted octanol–water partition coefficient (Wildman–Crippen LogP) is 6.95. The van der Waals surface area contributed by atoms with E-state index < -0.39 is 14.3 Å². The minimum Gasteiger partial charge on any atom is -0.491 e. The van der Waals surface area contributed by atoms with Crippen molar-refractivity contribution in [3.05, 3.63) is 54.1 Å². The molecule has 0 fully saturated rings. The highest BCUT2D eigenvalue weighted by molar-refractivity contribution is 6.74. The lowest BCUT2D eigenvalue weighted by molar-refractivity contribution is -0.137. The Morgan fingerprint density at radius 2 is 1.91 bits per heavy atom. The third kappa shape index (κ3) is 9.22. The molecule has 1 aromatic carbocycles. The number of benzene rings is 1. The van der Waals surface area contributed by atoms with Crippen molar-refractivity contribution in [2.45, 2.75) is 90.0 Å². The first kappa shape index (κ1) is 28.1. The van der Waals surface area contributed by atoms with E-state index in [2.05, 4.69) is 39.9 Å². The second-order valence-electron chi connectivity index (χ2n) is 10.7. The maximum Gasteiger partial charge on any atom is 0.303 e. The van der Waals surface area contributed by atoms with Gasteiger partial charge in [0.15, 0.2) is 8.32 Å². The number of unbranched alkanes of at least 4 members (excludes halogenated alkanes) is 1. The summed E-state index contributed by atoms with van der Waals surface area (Å²) in [6.45, 7) is 11.7. The van der Waals surface area contributed by atoms with Gasteiger partial charge in [-0.25, -0.2) is 0 Å². The van der Waals surface area contributed by atoms with Gasteiger partial charge >= 0.3 is 5.97 Å². The minimum absolute atomic E-state index is 0.0371. The zero-order valence-corrected chi connectivity index (χ0v) is 22.5. The maximum absolute atomic E-state index is 12.5. The molecular formula is C28H42O5Si. The van der Waals surface area contributed by atoms with Crippen LogP contribution < -0.4 is 4.74 Å². The Bertz CT molecular complexity index is 851. The Balaban J connectivity index is 1.97. The van der Waals surface area contributed by atoms with E-state index in [1.54, 1.807) is 0 Å². The Morgan fingerprint density at radius 1 is 1.21 bits per heavy atom. The van der Waals surface area contributed by atoms with Crippen LogP contribution in [0.25, 0.3) is 0 Å². The lowest BCUT2D eigenvalue weighted by Crippen LogP contribution is -2.45. The van der Waals surface area contributed by atoms with Crippen molar-refractivity contribution in [2.75, 3.05) is 6.61 Å². The number of aliphatic carboxylic acids is 1. The average Bonchev–Trinajstić information content (AvgIpc) is 3.11. The smallest absolute Gasteiger partial charge is 0.303 e. The van der Waals surface area contributed by atoms with E-state index in [4.69, 9.17) is 14.3 Å². The number of para-hydroxylation sites is 1. The van der Waals surface area contributed by atoms with Crippen molar-refractivity contribution in [2.24, 2.45) is 5.92 Å². The number of ketones is 1. The quantitative estimate of drug-likeness (QED) is 0.175. The fourth-order valence-electron chi connectivity index (χ4n) is 3.81. The van der Waals surface area contributed by atoms with Gasteiger partial charge in [0, 0.05) is 18.8 Å². The van der Waals surface area contributed by atoms with Crippen molar-refractivity contribution in [3.63, 3.8) is 0 Å². The van der Waals surface area contributed by atoms with Gasteiger partial charge in [-0.15, -0.1) is 0 Å². The summed E-state index contributed by atoms with van der Waals surface area (Å²) in [5.74, 6) is 0.273. The molecule has 34 heavy (non-hydrogen) atoms. The molecule has 0 saturated heterocycles. The third-order valence-electron chi connectivity index (χ3n) is 6.90. The molecule has 0 heterocycles. The number of carbonyl (C=O) groups is 2. The van der Waals surface area contributed by atoms with E-state index >= 15 is 0 Å². The van der Waals surface area contributed by atoms with Gasteiger partial charge in [0.1, 0.15) is 18.1 Å². The monoisotopic (exact) mass is 486 g/mol. The number of carbonyl (C=O) groups excluding carboxylic acids is 1. The first-order chi connectivity index (χ1) is 16.0. The van der Waals surface area contributed by atoms with Gasteiger partial charge in [0.25, 0.3) is 0 Å². The van der Waals surface area contributed by atoms with E-state index in [1.807, 2.05) is 42.5 Å². The standard InChI is InChI=1S/C28H42O5Si/c1-28(2,3)34(4,5)33-24(21-32-23-13-9-8-10-14-23)19-17-22-18-20-26(29)25(22)15-11-6-7-12-16-27(30)31/h6,8-11,13-14,18,24-25H,7,12,15-17,19-21H2,1-5H3,(H,30,31)/t24-,25-/m1/s1. The van der Waals surface area contributed by atoms with E-state index in [0.29, 0.717) is 25.9 Å². The van der Waals surface area contributed by atoms with Crippen molar-refractivity contribution in [3.8, 4) is 5.75 Å². The van der Waals surface area contributed by atoms with Crippen LogP contribution in [0.15, 0.2) is 54.1 Å². The van der Waals surface area contributed by atoms with Crippen LogP contribution >= 0.6 is 0 Å². The molecule has 2 rings (SSSR count). The van der Waals surface area contributed by atoms with E-state index in [0.717, 1.165) is 25.0 Å². The third-order valence-corrected chi connectivity index (χ3v) is 11.4. The van der Waals surface area contributed by atoms with Gasteiger partial charge in [0.05, 0.1) is 6.10 Å². The summed E-state index contributed by atoms with van der Waals surface area (Å²) in [7, 11) is -1.97. The molecule has 0 aromatic heterocycles. The molecular weight excluding hydrogens is 444 g/mol. The van der Waals surface area contributed by atoms with Gasteiger partial charge in [-0.3, -0.25) is 9.59 Å². The molecule has 0 saturated carbocycles. The van der Waals surface area contributed by atoms with E-state index in [9.17, 15) is 9.59 Å². The molecule has 188 valence electrons. The van der Waals surface area contributed by atoms with Crippen LogP contribution in [0.3, 0.4) is 0 Å². The van der Waals surface area contributed by atoms with Crippen LogP contribution in [-0.2, 0) is 14.0 Å². The molecule has 0 spiro atoms. The van der Waals surface area contributed by atoms with Crippen molar-refractivity contribution in [1.82, 2.24) is 0 Å². The van der Waals surface area contributed by atoms with Gasteiger partial charge in [-0.1, -0.05) is 62.8 Å². The summed E-state index contributed by atoms with van der Waals surface area (Å²) in [6.07, 6.45) is 10.4. The highest BCUT2D eigenvalue weighted by Gasteiger charge is 2.39. The molecule has 0 radical (unpaired) electrons. The Hall–Kier alpha value is -2.18. The van der Waals surface area contributed by atoms with E-state index in [1.165, 1.54) is 5.57 Å². The number of hydrogen-bond acceptors (Lipinski definition) is 4. The Morgan fingerprint density at radius 3 is 2.56 bits per heavy atom. The van der Waals surface area contributed by atoms with Gasteiger partial charge in [-0.2, -0.15) is 0 Å². The summed E-state index contributed by atoms with van der Waals surface area (Å²) >= 11 is 0. The summed E-state index contributed by atoms with van der Waals surface area (Å²) in [6, 6.07) is 9.82. The second-order valence-corrected chi connectivity index (χ2v) is 15.4. The number of hydrogen-bond donors (Lipinski definition) is 1. The van der Waals surface area contributed by atoms with Gasteiger partial charge in [-0.05, 0) is 62.4 Å². The Labute approximate surface area is 206 Å². The average molecular weight is 487 g/mol. The molecule has 1 N–H and O–H groups in total. The second kappa shape index (κ2) is 13.1. The molecule has 6 heteroatoms. The fraction of sp³-hybridized carbons (Fsp3) is 0.571. The Kier molecular flexibility index (Phi) is 10.8. The first-order valence-electron chi connectivity index (χ1n) is 12.4. The summed E-state index contributed by atoms with van der Waals surface area (Å²) in [5.41, 5.74) is 1.20. The predicted molar refractivity (Wildman–Crippen MR) is 140 cm³/mol. The largest absolute Gasteiger partial charge is 0.491 e. The first-order valence-corrected chi connectivity index (χ1v) is 15.3. The lowest BCUT2D eigenvalue weighted by atomic mass is 9.92. The highest BCUT2D eigenvalue weighted by atomic mass is 28.4. The molecule has 1 aliphatic carbocycles. The number of ether oxygens (including phenoxy) is 1. The highest BCUT2D eigenvalue weighted by Crippen LogP contribution is 2.38. The normalized spacial score (nSPS) is 17.7. The van der Waals surface area contributed by atoms with E-state index in [-0.39, 0.29) is 29.3 Å². The lowest BCUT2D eigenvalue weighted by Gasteiger charge is -2.39. The van der Waals surface area contributed by atoms with Crippen molar-refractivity contribution in [1.29, 1.82) is 0 Å². The number of carboxylic acids is 1. The number of allylic oxidation sites excluding steroid dienone is 4. The maximum atomic E-state index is 12.5. The number of rotatable bonds is 14. The zero-order chi connectivity index (χ0) is 25.2. The molecule has 0 amide bonds. The summed E-state index contributed by atoms with van der Waals surface area (Å²) < 4.78 is 12.8. The summed E-state index contributed by atoms with van der Waals surface area (Å²) in [4.78, 5) is 23.1. The van der Waals surface area contributed by atoms with Crippen LogP contribution in [0.5, 0.6) is 5.75 Å². The van der Waals surface area contributed by atoms with Gasteiger partial charge in [0.2, 0.25) is 0 Å². The zero-order valence-electron chi connectivity index (χ0n) is 21.5. The fourth-order valence-corrected chi connectivity index (χ4v) is 5.18. The van der Waals surface area contributed by atoms with Crippen LogP contribution in [-0.4, -0.2) is 37.9 Å². The summed E-state index contributed by atoms with van der Waals surface area (Å²) in [5, 5.41) is 8.85. The molecule has 0 bridgehead atoms. The van der Waals surface area contributed by atoms with Crippen LogP contribution in [0.4, 0.5) is 0 Å². The molecule has 0 unspecified atom stereocenters. The number of Topliss-reactive ketones (excluding diaryl/α,β-unsaturated/α-hetero) is 1. The molecule has 2 atom stereocenters.